The van der Waals surface area contributed by atoms with E-state index in [0.29, 0.717) is 13.1 Å². The van der Waals surface area contributed by atoms with Crippen LogP contribution in [-0.2, 0) is 4.79 Å². The van der Waals surface area contributed by atoms with Crippen LogP contribution in [-0.4, -0.2) is 59.0 Å². The van der Waals surface area contributed by atoms with Crippen LogP contribution in [0, 0.1) is 16.7 Å². The quantitative estimate of drug-likeness (QED) is 0.351. The second kappa shape index (κ2) is 5.16. The van der Waals surface area contributed by atoms with E-state index in [4.69, 9.17) is 10.9 Å². The highest BCUT2D eigenvalue weighted by molar-refractivity contribution is 5.85. The van der Waals surface area contributed by atoms with Crippen LogP contribution < -0.4 is 5.73 Å². The molecule has 0 aromatic rings. The molecular weight excluding hydrogens is 268 g/mol. The first-order valence-electron chi connectivity index (χ1n) is 7.65. The third-order valence-corrected chi connectivity index (χ3v) is 5.98. The van der Waals surface area contributed by atoms with Gasteiger partial charge in [0.25, 0.3) is 0 Å². The van der Waals surface area contributed by atoms with E-state index in [0.717, 1.165) is 13.1 Å². The summed E-state index contributed by atoms with van der Waals surface area (Å²) >= 11 is 0. The van der Waals surface area contributed by atoms with Gasteiger partial charge in [-0.1, -0.05) is 32.9 Å². The molecule has 1 amide bonds. The Hall–Kier alpha value is -1.30. The van der Waals surface area contributed by atoms with Gasteiger partial charge < -0.3 is 15.8 Å². The number of rotatable bonds is 3. The van der Waals surface area contributed by atoms with E-state index < -0.39 is 0 Å². The zero-order valence-electron chi connectivity index (χ0n) is 13.8. The molecule has 3 N–H and O–H groups in total. The number of carbonyl (C=O) groups excluding carboxylic acids is 1. The second-order valence-corrected chi connectivity index (χ2v) is 7.44. The molecule has 0 spiro atoms. The molecule has 1 saturated carbocycles. The van der Waals surface area contributed by atoms with Crippen molar-refractivity contribution in [1.82, 2.24) is 9.80 Å². The topological polar surface area (TPSA) is 82.2 Å². The Morgan fingerprint density at radius 3 is 2.05 bits per heavy atom. The molecule has 1 aliphatic heterocycles. The smallest absolute Gasteiger partial charge is 0.226 e. The molecule has 1 unspecified atom stereocenters. The maximum Gasteiger partial charge on any atom is 0.226 e. The second-order valence-electron chi connectivity index (χ2n) is 7.44. The Kier molecular flexibility index (Phi) is 3.95. The Morgan fingerprint density at radius 2 is 1.67 bits per heavy atom. The van der Waals surface area contributed by atoms with Crippen LogP contribution in [0.5, 0.6) is 0 Å². The average Bonchev–Trinajstić information content (AvgIpc) is 2.86. The first-order valence-corrected chi connectivity index (χ1v) is 7.65. The van der Waals surface area contributed by atoms with Crippen molar-refractivity contribution >= 4 is 11.7 Å². The van der Waals surface area contributed by atoms with E-state index in [-0.39, 0.29) is 34.5 Å². The lowest BCUT2D eigenvalue weighted by Gasteiger charge is -2.37. The molecule has 0 radical (unpaired) electrons. The summed E-state index contributed by atoms with van der Waals surface area (Å²) < 4.78 is 0. The predicted molar refractivity (Wildman–Crippen MR) is 82.1 cm³/mol. The monoisotopic (exact) mass is 296 g/mol. The summed E-state index contributed by atoms with van der Waals surface area (Å²) in [7, 11) is 0. The Bertz CT molecular complexity index is 437. The van der Waals surface area contributed by atoms with Gasteiger partial charge in [-0.3, -0.25) is 9.69 Å². The molecule has 21 heavy (non-hydrogen) atoms. The van der Waals surface area contributed by atoms with Crippen molar-refractivity contribution in [3.05, 3.63) is 0 Å². The summed E-state index contributed by atoms with van der Waals surface area (Å²) in [6.07, 6.45) is 0. The van der Waals surface area contributed by atoms with Crippen LogP contribution in [0.15, 0.2) is 5.16 Å². The van der Waals surface area contributed by atoms with Crippen LogP contribution in [0.4, 0.5) is 0 Å². The lowest BCUT2D eigenvalue weighted by molar-refractivity contribution is -0.135. The fourth-order valence-corrected chi connectivity index (χ4v) is 3.60. The van der Waals surface area contributed by atoms with Crippen molar-refractivity contribution in [2.75, 3.05) is 26.2 Å². The van der Waals surface area contributed by atoms with Gasteiger partial charge in [0.15, 0.2) is 5.84 Å². The van der Waals surface area contributed by atoms with Crippen molar-refractivity contribution in [3.8, 4) is 0 Å². The van der Waals surface area contributed by atoms with Gasteiger partial charge in [-0.25, -0.2) is 0 Å². The summed E-state index contributed by atoms with van der Waals surface area (Å²) in [4.78, 5) is 16.8. The van der Waals surface area contributed by atoms with Crippen molar-refractivity contribution in [2.45, 2.75) is 40.7 Å². The molecule has 2 fully saturated rings. The number of hydrogen-bond acceptors (Lipinski definition) is 4. The summed E-state index contributed by atoms with van der Waals surface area (Å²) in [5.74, 6) is 0.624. The predicted octanol–water partition coefficient (Wildman–Crippen LogP) is 0.948. The highest BCUT2D eigenvalue weighted by atomic mass is 16.4. The number of amidine groups is 1. The summed E-state index contributed by atoms with van der Waals surface area (Å²) in [5, 5.41) is 11.8. The minimum absolute atomic E-state index is 0.0858. The van der Waals surface area contributed by atoms with Gasteiger partial charge >= 0.3 is 0 Å². The minimum Gasteiger partial charge on any atom is -0.409 e. The highest BCUT2D eigenvalue weighted by Crippen LogP contribution is 2.68. The summed E-state index contributed by atoms with van der Waals surface area (Å²) in [6, 6.07) is -0.0962. The van der Waals surface area contributed by atoms with E-state index >= 15 is 0 Å². The zero-order chi connectivity index (χ0) is 16.0. The Balaban J connectivity index is 1.92. The third-order valence-electron chi connectivity index (χ3n) is 5.98. The number of carbonyl (C=O) groups is 1. The van der Waals surface area contributed by atoms with Crippen LogP contribution in [0.2, 0.25) is 0 Å². The first kappa shape index (κ1) is 16.1. The van der Waals surface area contributed by atoms with Gasteiger partial charge in [-0.05, 0) is 17.8 Å². The van der Waals surface area contributed by atoms with Gasteiger partial charge in [0.05, 0.1) is 6.04 Å². The lowest BCUT2D eigenvalue weighted by atomic mass is 10.0. The molecule has 2 rings (SSSR count). The third kappa shape index (κ3) is 2.50. The van der Waals surface area contributed by atoms with Crippen LogP contribution in [0.3, 0.4) is 0 Å². The van der Waals surface area contributed by atoms with Gasteiger partial charge in [0, 0.05) is 32.1 Å². The molecule has 1 aliphatic carbocycles. The van der Waals surface area contributed by atoms with E-state index in [1.54, 1.807) is 0 Å². The van der Waals surface area contributed by atoms with E-state index in [1.165, 1.54) is 0 Å². The van der Waals surface area contributed by atoms with Crippen molar-refractivity contribution in [1.29, 1.82) is 0 Å². The highest BCUT2D eigenvalue weighted by Gasteiger charge is 2.68. The number of amides is 1. The molecule has 6 heteroatoms. The first-order chi connectivity index (χ1) is 9.64. The number of hydrogen-bond donors (Lipinski definition) is 2. The number of oxime groups is 1. The van der Waals surface area contributed by atoms with E-state index in [2.05, 4.69) is 37.8 Å². The largest absolute Gasteiger partial charge is 0.409 e. The molecule has 0 bridgehead atoms. The van der Waals surface area contributed by atoms with Crippen molar-refractivity contribution in [3.63, 3.8) is 0 Å². The minimum atomic E-state index is -0.0962. The number of nitrogens with zero attached hydrogens (tertiary/aromatic N) is 3. The SMILES string of the molecule is CC(C(N)=NO)N1CCN(C(=O)C2C(C)(C)C2(C)C)CC1. The molecule has 120 valence electrons. The average molecular weight is 296 g/mol. The molecule has 6 nitrogen and oxygen atoms in total. The van der Waals surface area contributed by atoms with Crippen LogP contribution in [0.1, 0.15) is 34.6 Å². The normalized spacial score (nSPS) is 27.5. The van der Waals surface area contributed by atoms with E-state index in [1.807, 2.05) is 11.8 Å². The Labute approximate surface area is 127 Å². The van der Waals surface area contributed by atoms with Crippen molar-refractivity contribution < 1.29 is 10.0 Å². The van der Waals surface area contributed by atoms with Gasteiger partial charge in [-0.2, -0.15) is 0 Å². The van der Waals surface area contributed by atoms with Crippen LogP contribution in [0.25, 0.3) is 0 Å². The fourth-order valence-electron chi connectivity index (χ4n) is 3.60. The fraction of sp³-hybridized carbons (Fsp3) is 0.867. The number of nitrogens with two attached hydrogens (primary N) is 1. The molecule has 1 heterocycles. The zero-order valence-corrected chi connectivity index (χ0v) is 13.8. The Morgan fingerprint density at radius 1 is 1.19 bits per heavy atom. The molecule has 2 aliphatic rings. The van der Waals surface area contributed by atoms with Gasteiger partial charge in [0.2, 0.25) is 5.91 Å². The molecular formula is C15H28N4O2. The molecule has 0 aromatic heterocycles. The standard InChI is InChI=1S/C15H28N4O2/c1-10(12(16)17-21)18-6-8-19(9-7-18)13(20)11-14(2,3)15(11,4)5/h10-11,21H,6-9H2,1-5H3,(H2,16,17). The summed E-state index contributed by atoms with van der Waals surface area (Å²) in [5.41, 5.74) is 5.82. The maximum atomic E-state index is 12.7. The van der Waals surface area contributed by atoms with Gasteiger partial charge in [-0.15, -0.1) is 0 Å². The summed E-state index contributed by atoms with van der Waals surface area (Å²) in [6.45, 7) is 13.6. The molecule has 0 aromatic carbocycles. The van der Waals surface area contributed by atoms with E-state index in [9.17, 15) is 4.79 Å². The van der Waals surface area contributed by atoms with Crippen molar-refractivity contribution in [2.24, 2.45) is 27.6 Å². The van der Waals surface area contributed by atoms with Gasteiger partial charge in [0.1, 0.15) is 0 Å². The molecule has 1 atom stereocenters. The van der Waals surface area contributed by atoms with Crippen LogP contribution >= 0.6 is 0 Å². The lowest BCUT2D eigenvalue weighted by Crippen LogP contribution is -2.54. The maximum absolute atomic E-state index is 12.7. The molecule has 1 saturated heterocycles. The number of piperazine rings is 1.